The van der Waals surface area contributed by atoms with E-state index in [1.54, 1.807) is 6.07 Å². The Bertz CT molecular complexity index is 411. The van der Waals surface area contributed by atoms with Crippen molar-refractivity contribution < 1.29 is 0 Å². The number of halogens is 2. The normalized spacial score (nSPS) is 19.2. The van der Waals surface area contributed by atoms with Gasteiger partial charge in [-0.25, -0.2) is 0 Å². The molecule has 1 aromatic carbocycles. The first-order valence-electron chi connectivity index (χ1n) is 7.26. The minimum absolute atomic E-state index is 0.204. The van der Waals surface area contributed by atoms with E-state index in [0.717, 1.165) is 31.7 Å². The van der Waals surface area contributed by atoms with E-state index in [0.29, 0.717) is 16.6 Å². The molecule has 1 aliphatic rings. The maximum atomic E-state index is 6.10. The van der Waals surface area contributed by atoms with Gasteiger partial charge in [-0.15, -0.1) is 0 Å². The lowest BCUT2D eigenvalue weighted by molar-refractivity contribution is 0.0985. The molecule has 1 fully saturated rings. The molecule has 1 aromatic rings. The lowest BCUT2D eigenvalue weighted by Gasteiger charge is -2.39. The second kappa shape index (κ2) is 7.62. The molecule has 1 unspecified atom stereocenters. The van der Waals surface area contributed by atoms with Crippen LogP contribution in [0.15, 0.2) is 18.2 Å². The third-order valence-corrected chi connectivity index (χ3v) is 4.32. The summed E-state index contributed by atoms with van der Waals surface area (Å²) in [5, 5.41) is 1.35. The molecule has 0 aliphatic carbocycles. The maximum Gasteiger partial charge on any atom is 0.0472 e. The Labute approximate surface area is 131 Å². The summed E-state index contributed by atoms with van der Waals surface area (Å²) in [6.45, 7) is 8.31. The Morgan fingerprint density at radius 1 is 1.10 bits per heavy atom. The highest BCUT2D eigenvalue weighted by Gasteiger charge is 2.24. The molecule has 1 heterocycles. The molecular formula is C15H23Cl2N3. The number of nitrogens with zero attached hydrogens (tertiary/aromatic N) is 2. The number of hydrogen-bond acceptors (Lipinski definition) is 3. The maximum absolute atomic E-state index is 6.10. The summed E-state index contributed by atoms with van der Waals surface area (Å²) in [5.41, 5.74) is 7.11. The number of rotatable bonds is 5. The standard InChI is InChI=1S/C15H23Cl2N3/c1-2-3-19-4-6-20(7-5-19)15(11-18)12-8-13(16)10-14(17)9-12/h8-10,15H,2-7,11,18H2,1H3. The second-order valence-electron chi connectivity index (χ2n) is 5.33. The molecule has 2 N–H and O–H groups in total. The molecule has 1 saturated heterocycles. The lowest BCUT2D eigenvalue weighted by Crippen LogP contribution is -2.49. The summed E-state index contributed by atoms with van der Waals surface area (Å²) in [4.78, 5) is 4.95. The number of benzene rings is 1. The van der Waals surface area contributed by atoms with Crippen molar-refractivity contribution in [3.05, 3.63) is 33.8 Å². The van der Waals surface area contributed by atoms with Crippen LogP contribution in [0.25, 0.3) is 0 Å². The van der Waals surface area contributed by atoms with Gasteiger partial charge in [0.05, 0.1) is 0 Å². The first kappa shape index (κ1) is 16.1. The topological polar surface area (TPSA) is 32.5 Å². The first-order valence-corrected chi connectivity index (χ1v) is 8.02. The van der Waals surface area contributed by atoms with Crippen LogP contribution in [0.5, 0.6) is 0 Å². The average molecular weight is 316 g/mol. The van der Waals surface area contributed by atoms with Gasteiger partial charge < -0.3 is 10.6 Å². The summed E-state index contributed by atoms with van der Waals surface area (Å²) in [6, 6.07) is 5.92. The molecule has 0 amide bonds. The smallest absolute Gasteiger partial charge is 0.0472 e. The van der Waals surface area contributed by atoms with Crippen molar-refractivity contribution in [2.75, 3.05) is 39.3 Å². The van der Waals surface area contributed by atoms with Crippen molar-refractivity contribution in [2.45, 2.75) is 19.4 Å². The quantitative estimate of drug-likeness (QED) is 0.906. The summed E-state index contributed by atoms with van der Waals surface area (Å²) < 4.78 is 0. The van der Waals surface area contributed by atoms with E-state index in [2.05, 4.69) is 16.7 Å². The minimum Gasteiger partial charge on any atom is -0.329 e. The van der Waals surface area contributed by atoms with Gasteiger partial charge in [0, 0.05) is 48.8 Å². The number of nitrogens with two attached hydrogens (primary N) is 1. The van der Waals surface area contributed by atoms with E-state index < -0.39 is 0 Å². The van der Waals surface area contributed by atoms with Gasteiger partial charge in [0.1, 0.15) is 0 Å². The lowest BCUT2D eigenvalue weighted by atomic mass is 10.0. The van der Waals surface area contributed by atoms with Crippen LogP contribution in [0.1, 0.15) is 24.9 Å². The van der Waals surface area contributed by atoms with Crippen LogP contribution < -0.4 is 5.73 Å². The summed E-state index contributed by atoms with van der Waals surface area (Å²) in [7, 11) is 0. The Balaban J connectivity index is 2.05. The fourth-order valence-corrected chi connectivity index (χ4v) is 3.42. The molecule has 20 heavy (non-hydrogen) atoms. The third-order valence-electron chi connectivity index (χ3n) is 3.88. The molecule has 3 nitrogen and oxygen atoms in total. The number of piperazine rings is 1. The average Bonchev–Trinajstić information content (AvgIpc) is 2.41. The van der Waals surface area contributed by atoms with Crippen LogP contribution in [-0.2, 0) is 0 Å². The van der Waals surface area contributed by atoms with Crippen molar-refractivity contribution >= 4 is 23.2 Å². The zero-order valence-electron chi connectivity index (χ0n) is 12.0. The van der Waals surface area contributed by atoms with Crippen LogP contribution in [0.3, 0.4) is 0 Å². The molecular weight excluding hydrogens is 293 g/mol. The van der Waals surface area contributed by atoms with E-state index in [-0.39, 0.29) is 6.04 Å². The highest BCUT2D eigenvalue weighted by atomic mass is 35.5. The summed E-state index contributed by atoms with van der Waals surface area (Å²) in [6.07, 6.45) is 1.21. The number of hydrogen-bond donors (Lipinski definition) is 1. The SMILES string of the molecule is CCCN1CCN(C(CN)c2cc(Cl)cc(Cl)c2)CC1. The molecule has 0 radical (unpaired) electrons. The molecule has 5 heteroatoms. The van der Waals surface area contributed by atoms with Gasteiger partial charge in [-0.2, -0.15) is 0 Å². The van der Waals surface area contributed by atoms with Gasteiger partial charge in [-0.1, -0.05) is 30.1 Å². The van der Waals surface area contributed by atoms with Crippen molar-refractivity contribution in [3.8, 4) is 0 Å². The van der Waals surface area contributed by atoms with E-state index in [1.165, 1.54) is 13.0 Å². The fraction of sp³-hybridized carbons (Fsp3) is 0.600. The summed E-state index contributed by atoms with van der Waals surface area (Å²) in [5.74, 6) is 0. The van der Waals surface area contributed by atoms with Crippen molar-refractivity contribution in [3.63, 3.8) is 0 Å². The molecule has 0 saturated carbocycles. The highest BCUT2D eigenvalue weighted by Crippen LogP contribution is 2.27. The van der Waals surface area contributed by atoms with Crippen LogP contribution in [-0.4, -0.2) is 49.1 Å². The van der Waals surface area contributed by atoms with Gasteiger partial charge in [0.2, 0.25) is 0 Å². The largest absolute Gasteiger partial charge is 0.329 e. The van der Waals surface area contributed by atoms with E-state index >= 15 is 0 Å². The molecule has 0 bridgehead atoms. The van der Waals surface area contributed by atoms with Gasteiger partial charge in [-0.3, -0.25) is 4.90 Å². The Morgan fingerprint density at radius 3 is 2.20 bits per heavy atom. The van der Waals surface area contributed by atoms with E-state index in [4.69, 9.17) is 28.9 Å². The third kappa shape index (κ3) is 4.09. The monoisotopic (exact) mass is 315 g/mol. The van der Waals surface area contributed by atoms with Crippen LogP contribution in [0.2, 0.25) is 10.0 Å². The highest BCUT2D eigenvalue weighted by molar-refractivity contribution is 6.34. The van der Waals surface area contributed by atoms with Gasteiger partial charge >= 0.3 is 0 Å². The predicted molar refractivity (Wildman–Crippen MR) is 86.6 cm³/mol. The Kier molecular flexibility index (Phi) is 6.12. The second-order valence-corrected chi connectivity index (χ2v) is 6.20. The van der Waals surface area contributed by atoms with Gasteiger partial charge in [-0.05, 0) is 36.7 Å². The van der Waals surface area contributed by atoms with Crippen LogP contribution in [0.4, 0.5) is 0 Å². The predicted octanol–water partition coefficient (Wildman–Crippen LogP) is 3.02. The minimum atomic E-state index is 0.204. The molecule has 2 rings (SSSR count). The van der Waals surface area contributed by atoms with E-state index in [1.807, 2.05) is 12.1 Å². The molecule has 112 valence electrons. The van der Waals surface area contributed by atoms with Crippen molar-refractivity contribution in [1.82, 2.24) is 9.80 Å². The molecule has 1 atom stereocenters. The first-order chi connectivity index (χ1) is 9.63. The van der Waals surface area contributed by atoms with E-state index in [9.17, 15) is 0 Å². The van der Waals surface area contributed by atoms with Crippen molar-refractivity contribution in [1.29, 1.82) is 0 Å². The Hall–Kier alpha value is -0.320. The fourth-order valence-electron chi connectivity index (χ4n) is 2.88. The molecule has 0 spiro atoms. The summed E-state index contributed by atoms with van der Waals surface area (Å²) >= 11 is 12.2. The van der Waals surface area contributed by atoms with Crippen molar-refractivity contribution in [2.24, 2.45) is 5.73 Å². The molecule has 1 aliphatic heterocycles. The van der Waals surface area contributed by atoms with Crippen LogP contribution in [0, 0.1) is 0 Å². The van der Waals surface area contributed by atoms with Gasteiger partial charge in [0.15, 0.2) is 0 Å². The Morgan fingerprint density at radius 2 is 1.70 bits per heavy atom. The zero-order valence-corrected chi connectivity index (χ0v) is 13.5. The van der Waals surface area contributed by atoms with Gasteiger partial charge in [0.25, 0.3) is 0 Å². The van der Waals surface area contributed by atoms with Crippen LogP contribution >= 0.6 is 23.2 Å². The zero-order chi connectivity index (χ0) is 14.5. The molecule has 0 aromatic heterocycles.